The lowest BCUT2D eigenvalue weighted by molar-refractivity contribution is -0.157. The highest BCUT2D eigenvalue weighted by atomic mass is 35.5. The van der Waals surface area contributed by atoms with Crippen molar-refractivity contribution in [3.8, 4) is 0 Å². The third-order valence-electron chi connectivity index (χ3n) is 4.16. The van der Waals surface area contributed by atoms with Crippen LogP contribution in [0.15, 0.2) is 23.4 Å². The summed E-state index contributed by atoms with van der Waals surface area (Å²) in [5.74, 6) is -0.684. The van der Waals surface area contributed by atoms with Crippen molar-refractivity contribution >= 4 is 29.5 Å². The lowest BCUT2D eigenvalue weighted by atomic mass is 10.0. The number of carbonyl (C=O) groups is 1. The normalized spacial score (nSPS) is 27.9. The van der Waals surface area contributed by atoms with Gasteiger partial charge in [0.15, 0.2) is 5.79 Å². The van der Waals surface area contributed by atoms with Crippen LogP contribution in [0.3, 0.4) is 0 Å². The van der Waals surface area contributed by atoms with Gasteiger partial charge in [0.1, 0.15) is 11.2 Å². The molecule has 0 saturated carbocycles. The number of hydrogen-bond donors (Lipinski definition) is 0. The Kier molecular flexibility index (Phi) is 5.20. The first-order valence-electron chi connectivity index (χ1n) is 8.58. The van der Waals surface area contributed by atoms with Gasteiger partial charge >= 0.3 is 6.09 Å². The van der Waals surface area contributed by atoms with Crippen molar-refractivity contribution in [1.29, 1.82) is 0 Å². The summed E-state index contributed by atoms with van der Waals surface area (Å²) in [4.78, 5) is 18.6. The molecule has 1 spiro atoms. The van der Waals surface area contributed by atoms with Crippen molar-refractivity contribution in [2.75, 3.05) is 19.7 Å². The summed E-state index contributed by atoms with van der Waals surface area (Å²) >= 11 is 7.50. The third kappa shape index (κ3) is 4.44. The average molecular weight is 401 g/mol. The van der Waals surface area contributed by atoms with Crippen LogP contribution in [0.5, 0.6) is 0 Å². The molecule has 0 unspecified atom stereocenters. The van der Waals surface area contributed by atoms with E-state index in [2.05, 4.69) is 4.98 Å². The minimum absolute atomic E-state index is 0.0227. The second-order valence-electron chi connectivity index (χ2n) is 8.14. The number of halogens is 1. The molecule has 2 atom stereocenters. The van der Waals surface area contributed by atoms with Crippen LogP contribution in [-0.2, 0) is 14.2 Å². The average Bonchev–Trinajstić information content (AvgIpc) is 3.00. The van der Waals surface area contributed by atoms with Crippen LogP contribution in [0.4, 0.5) is 4.79 Å². The molecule has 3 heterocycles. The molecule has 2 fully saturated rings. The number of carbonyl (C=O) groups excluding carboxylic acids is 1. The van der Waals surface area contributed by atoms with Crippen molar-refractivity contribution in [3.63, 3.8) is 0 Å². The van der Waals surface area contributed by atoms with Crippen LogP contribution in [-0.4, -0.2) is 57.9 Å². The van der Waals surface area contributed by atoms with Crippen molar-refractivity contribution < 1.29 is 19.0 Å². The molecule has 26 heavy (non-hydrogen) atoms. The van der Waals surface area contributed by atoms with Gasteiger partial charge in [0, 0.05) is 12.7 Å². The van der Waals surface area contributed by atoms with E-state index in [-0.39, 0.29) is 11.3 Å². The van der Waals surface area contributed by atoms with Crippen LogP contribution in [0.1, 0.15) is 34.6 Å². The number of amides is 1. The van der Waals surface area contributed by atoms with E-state index in [9.17, 15) is 4.79 Å². The topological polar surface area (TPSA) is 60.9 Å². The van der Waals surface area contributed by atoms with Crippen molar-refractivity contribution in [2.45, 2.75) is 61.9 Å². The summed E-state index contributed by atoms with van der Waals surface area (Å²) in [6.45, 7) is 10.7. The summed E-state index contributed by atoms with van der Waals surface area (Å²) < 4.78 is 17.6. The molecule has 2 saturated heterocycles. The predicted molar refractivity (Wildman–Crippen MR) is 101 cm³/mol. The fraction of sp³-hybridized carbons (Fsp3) is 0.667. The number of nitrogens with zero attached hydrogens (tertiary/aromatic N) is 2. The van der Waals surface area contributed by atoms with Gasteiger partial charge in [-0.3, -0.25) is 0 Å². The van der Waals surface area contributed by atoms with Gasteiger partial charge in [-0.15, -0.1) is 0 Å². The van der Waals surface area contributed by atoms with E-state index in [0.29, 0.717) is 24.7 Å². The number of rotatable bonds is 2. The lowest BCUT2D eigenvalue weighted by Crippen LogP contribution is -2.45. The van der Waals surface area contributed by atoms with Gasteiger partial charge in [-0.25, -0.2) is 9.78 Å². The van der Waals surface area contributed by atoms with E-state index in [4.69, 9.17) is 25.8 Å². The number of hydrogen-bond acceptors (Lipinski definition) is 6. The van der Waals surface area contributed by atoms with E-state index in [1.165, 1.54) is 0 Å². The Morgan fingerprint density at radius 3 is 2.69 bits per heavy atom. The molecule has 1 amide bonds. The van der Waals surface area contributed by atoms with Crippen LogP contribution in [0.25, 0.3) is 0 Å². The number of pyridine rings is 1. The molecule has 8 heteroatoms. The second-order valence-corrected chi connectivity index (χ2v) is 9.80. The first kappa shape index (κ1) is 19.7. The Morgan fingerprint density at radius 1 is 1.42 bits per heavy atom. The molecule has 144 valence electrons. The SMILES string of the molecule is CC(C)(C)OC(=O)N1C[C@H](Sc2ccc(Cl)cn2)[C@@]2(COC(C)(C)O2)C1. The fourth-order valence-corrected chi connectivity index (χ4v) is 4.45. The minimum Gasteiger partial charge on any atom is -0.444 e. The van der Waals surface area contributed by atoms with E-state index < -0.39 is 17.0 Å². The van der Waals surface area contributed by atoms with Crippen LogP contribution in [0.2, 0.25) is 5.02 Å². The maximum absolute atomic E-state index is 12.6. The molecule has 1 aromatic heterocycles. The standard InChI is InChI=1S/C18H25ClN2O4S/c1-16(2,3)24-15(22)21-9-13(26-14-7-6-12(19)8-20-14)18(10-21)11-23-17(4,5)25-18/h6-8,13H,9-11H2,1-5H3/t13-,18-/m0/s1. The number of aromatic nitrogens is 1. The number of ether oxygens (including phenoxy) is 3. The van der Waals surface area contributed by atoms with Gasteiger partial charge in [0.05, 0.1) is 28.5 Å². The van der Waals surface area contributed by atoms with Crippen molar-refractivity contribution in [2.24, 2.45) is 0 Å². The predicted octanol–water partition coefficient (Wildman–Crippen LogP) is 3.97. The monoisotopic (exact) mass is 400 g/mol. The molecular formula is C18H25ClN2O4S. The van der Waals surface area contributed by atoms with E-state index in [1.54, 1.807) is 28.9 Å². The maximum Gasteiger partial charge on any atom is 0.410 e. The maximum atomic E-state index is 12.6. The van der Waals surface area contributed by atoms with Crippen molar-refractivity contribution in [1.82, 2.24) is 9.88 Å². The van der Waals surface area contributed by atoms with Crippen LogP contribution in [0, 0.1) is 0 Å². The molecule has 2 aliphatic heterocycles. The third-order valence-corrected chi connectivity index (χ3v) is 5.73. The quantitative estimate of drug-likeness (QED) is 0.748. The van der Waals surface area contributed by atoms with Gasteiger partial charge in [0.25, 0.3) is 0 Å². The molecule has 0 aliphatic carbocycles. The second kappa shape index (κ2) is 6.86. The number of thioether (sulfide) groups is 1. The van der Waals surface area contributed by atoms with E-state index in [1.807, 2.05) is 40.7 Å². The highest BCUT2D eigenvalue weighted by Crippen LogP contribution is 2.44. The zero-order chi connectivity index (χ0) is 19.2. The van der Waals surface area contributed by atoms with Crippen LogP contribution >= 0.6 is 23.4 Å². The highest BCUT2D eigenvalue weighted by molar-refractivity contribution is 8.00. The van der Waals surface area contributed by atoms with E-state index in [0.717, 1.165) is 5.03 Å². The molecule has 0 radical (unpaired) electrons. The summed E-state index contributed by atoms with van der Waals surface area (Å²) in [6, 6.07) is 3.68. The lowest BCUT2D eigenvalue weighted by Gasteiger charge is -2.29. The summed E-state index contributed by atoms with van der Waals surface area (Å²) in [5, 5.41) is 1.40. The number of likely N-dealkylation sites (tertiary alicyclic amines) is 1. The van der Waals surface area contributed by atoms with Crippen molar-refractivity contribution in [3.05, 3.63) is 23.4 Å². The first-order valence-corrected chi connectivity index (χ1v) is 9.84. The smallest absolute Gasteiger partial charge is 0.410 e. The summed E-state index contributed by atoms with van der Waals surface area (Å²) in [6.07, 6.45) is 1.28. The Hall–Kier alpha value is -1.02. The van der Waals surface area contributed by atoms with Gasteiger partial charge in [-0.1, -0.05) is 23.4 Å². The molecule has 2 aliphatic rings. The molecule has 6 nitrogen and oxygen atoms in total. The zero-order valence-electron chi connectivity index (χ0n) is 15.7. The first-order chi connectivity index (χ1) is 12.0. The van der Waals surface area contributed by atoms with Gasteiger partial charge in [-0.2, -0.15) is 0 Å². The summed E-state index contributed by atoms with van der Waals surface area (Å²) in [5.41, 5.74) is -1.13. The molecule has 3 rings (SSSR count). The Labute approximate surface area is 163 Å². The summed E-state index contributed by atoms with van der Waals surface area (Å²) in [7, 11) is 0. The Morgan fingerprint density at radius 2 is 2.15 bits per heavy atom. The molecule has 0 aromatic carbocycles. The molecule has 0 bridgehead atoms. The Balaban J connectivity index is 1.80. The minimum atomic E-state index is -0.684. The van der Waals surface area contributed by atoms with Gasteiger partial charge in [0.2, 0.25) is 0 Å². The highest BCUT2D eigenvalue weighted by Gasteiger charge is 2.57. The Bertz CT molecular complexity index is 677. The molecule has 0 N–H and O–H groups in total. The van der Waals surface area contributed by atoms with Crippen LogP contribution < -0.4 is 0 Å². The molecule has 1 aromatic rings. The fourth-order valence-electron chi connectivity index (χ4n) is 3.12. The van der Waals surface area contributed by atoms with Gasteiger partial charge in [-0.05, 0) is 46.8 Å². The molecular weight excluding hydrogens is 376 g/mol. The van der Waals surface area contributed by atoms with E-state index >= 15 is 0 Å². The van der Waals surface area contributed by atoms with Gasteiger partial charge < -0.3 is 19.1 Å². The largest absolute Gasteiger partial charge is 0.444 e. The zero-order valence-corrected chi connectivity index (χ0v) is 17.3.